The van der Waals surface area contributed by atoms with Gasteiger partial charge in [-0.3, -0.25) is 9.89 Å². The predicted octanol–water partition coefficient (Wildman–Crippen LogP) is 4.54. The van der Waals surface area contributed by atoms with Gasteiger partial charge in [-0.25, -0.2) is 4.98 Å². The maximum atomic E-state index is 12.6. The molecule has 3 N–H and O–H groups in total. The molecule has 0 saturated heterocycles. The minimum Gasteiger partial charge on any atom is -0.357 e. The first-order valence-corrected chi connectivity index (χ1v) is 9.07. The summed E-state index contributed by atoms with van der Waals surface area (Å²) in [7, 11) is 0. The molecule has 130 valence electrons. The van der Waals surface area contributed by atoms with E-state index in [9.17, 15) is 4.79 Å². The molecule has 2 heterocycles. The second-order valence-electron chi connectivity index (χ2n) is 5.58. The molecule has 0 saturated carbocycles. The standard InChI is InChI=1S/C18H14ClN5OS/c19-13-6-7-14-12(9-22-24-14)16(13)23-17(25)15-10-21-18(26-15)20-8-11-4-2-1-3-5-11/h1-7,9-10H,8H2,(H,20,21)(H,22,24)(H,23,25). The van der Waals surface area contributed by atoms with E-state index in [4.69, 9.17) is 11.6 Å². The normalized spacial score (nSPS) is 10.8. The Hall–Kier alpha value is -2.90. The number of hydrogen-bond donors (Lipinski definition) is 3. The molecular formula is C18H14ClN5OS. The topological polar surface area (TPSA) is 82.7 Å². The van der Waals surface area contributed by atoms with E-state index in [0.717, 1.165) is 16.5 Å². The fourth-order valence-corrected chi connectivity index (χ4v) is 3.45. The van der Waals surface area contributed by atoms with Gasteiger partial charge in [-0.2, -0.15) is 5.10 Å². The van der Waals surface area contributed by atoms with E-state index >= 15 is 0 Å². The van der Waals surface area contributed by atoms with E-state index in [1.54, 1.807) is 18.5 Å². The third-order valence-electron chi connectivity index (χ3n) is 3.83. The van der Waals surface area contributed by atoms with Crippen molar-refractivity contribution in [2.45, 2.75) is 6.54 Å². The summed E-state index contributed by atoms with van der Waals surface area (Å²) < 4.78 is 0. The summed E-state index contributed by atoms with van der Waals surface area (Å²) in [6, 6.07) is 13.5. The first-order chi connectivity index (χ1) is 12.7. The monoisotopic (exact) mass is 383 g/mol. The molecule has 0 spiro atoms. The van der Waals surface area contributed by atoms with E-state index in [2.05, 4.69) is 25.8 Å². The van der Waals surface area contributed by atoms with E-state index in [1.807, 2.05) is 36.4 Å². The highest BCUT2D eigenvalue weighted by atomic mass is 35.5. The lowest BCUT2D eigenvalue weighted by Crippen LogP contribution is -2.10. The SMILES string of the molecule is O=C(Nc1c(Cl)ccc2[nH]ncc12)c1cnc(NCc2ccccc2)s1. The lowest BCUT2D eigenvalue weighted by Gasteiger charge is -2.07. The highest BCUT2D eigenvalue weighted by molar-refractivity contribution is 7.17. The number of anilines is 2. The number of aromatic amines is 1. The van der Waals surface area contributed by atoms with Gasteiger partial charge < -0.3 is 10.6 Å². The summed E-state index contributed by atoms with van der Waals surface area (Å²) in [6.45, 7) is 0.648. The van der Waals surface area contributed by atoms with Crippen LogP contribution in [0.4, 0.5) is 10.8 Å². The first kappa shape index (κ1) is 16.6. The number of hydrogen-bond acceptors (Lipinski definition) is 5. The number of nitrogens with zero attached hydrogens (tertiary/aromatic N) is 2. The van der Waals surface area contributed by atoms with Gasteiger partial charge in [0.15, 0.2) is 5.13 Å². The van der Waals surface area contributed by atoms with Gasteiger partial charge in [0.05, 0.1) is 28.6 Å². The van der Waals surface area contributed by atoms with Gasteiger partial charge in [0, 0.05) is 11.9 Å². The summed E-state index contributed by atoms with van der Waals surface area (Å²) in [5, 5.41) is 14.8. The maximum absolute atomic E-state index is 12.6. The van der Waals surface area contributed by atoms with Crippen molar-refractivity contribution in [1.29, 1.82) is 0 Å². The van der Waals surface area contributed by atoms with Crippen molar-refractivity contribution in [3.63, 3.8) is 0 Å². The Morgan fingerprint density at radius 2 is 2.00 bits per heavy atom. The highest BCUT2D eigenvalue weighted by Crippen LogP contribution is 2.31. The molecule has 0 bridgehead atoms. The Balaban J connectivity index is 1.48. The smallest absolute Gasteiger partial charge is 0.267 e. The zero-order valence-corrected chi connectivity index (χ0v) is 15.1. The lowest BCUT2D eigenvalue weighted by atomic mass is 10.2. The van der Waals surface area contributed by atoms with Crippen molar-refractivity contribution in [2.75, 3.05) is 10.6 Å². The molecule has 0 aliphatic rings. The minimum absolute atomic E-state index is 0.258. The average molecular weight is 384 g/mol. The number of aromatic nitrogens is 3. The van der Waals surface area contributed by atoms with Crippen LogP contribution in [0.15, 0.2) is 54.9 Å². The minimum atomic E-state index is -0.258. The van der Waals surface area contributed by atoms with Crippen molar-refractivity contribution in [3.8, 4) is 0 Å². The van der Waals surface area contributed by atoms with Crippen LogP contribution < -0.4 is 10.6 Å². The number of nitrogens with one attached hydrogen (secondary N) is 3. The number of thiazole rings is 1. The fraction of sp³-hybridized carbons (Fsp3) is 0.0556. The molecule has 4 aromatic rings. The molecule has 0 aliphatic heterocycles. The second-order valence-corrected chi connectivity index (χ2v) is 7.01. The van der Waals surface area contributed by atoms with Gasteiger partial charge in [0.1, 0.15) is 4.88 Å². The number of amides is 1. The van der Waals surface area contributed by atoms with Crippen molar-refractivity contribution in [2.24, 2.45) is 0 Å². The Morgan fingerprint density at radius 3 is 2.85 bits per heavy atom. The van der Waals surface area contributed by atoms with Gasteiger partial charge in [-0.05, 0) is 17.7 Å². The third-order valence-corrected chi connectivity index (χ3v) is 5.10. The van der Waals surface area contributed by atoms with Crippen LogP contribution in [0.5, 0.6) is 0 Å². The van der Waals surface area contributed by atoms with Crippen LogP contribution in [0, 0.1) is 0 Å². The molecule has 1 amide bonds. The summed E-state index contributed by atoms with van der Waals surface area (Å²) in [4.78, 5) is 17.3. The van der Waals surface area contributed by atoms with E-state index in [-0.39, 0.29) is 5.91 Å². The Labute approximate surface area is 158 Å². The molecule has 4 rings (SSSR count). The van der Waals surface area contributed by atoms with Gasteiger partial charge in [0.2, 0.25) is 0 Å². The largest absolute Gasteiger partial charge is 0.357 e. The van der Waals surface area contributed by atoms with Crippen LogP contribution in [0.25, 0.3) is 10.9 Å². The number of H-pyrrole nitrogens is 1. The molecule has 0 unspecified atom stereocenters. The summed E-state index contributed by atoms with van der Waals surface area (Å²) in [5.41, 5.74) is 2.49. The van der Waals surface area contributed by atoms with Gasteiger partial charge in [0.25, 0.3) is 5.91 Å². The molecular weight excluding hydrogens is 370 g/mol. The molecule has 0 aliphatic carbocycles. The van der Waals surface area contributed by atoms with Crippen molar-refractivity contribution in [1.82, 2.24) is 15.2 Å². The van der Waals surface area contributed by atoms with Crippen LogP contribution in [0.2, 0.25) is 5.02 Å². The van der Waals surface area contributed by atoms with E-state index < -0.39 is 0 Å². The number of halogens is 1. The number of benzene rings is 2. The second kappa shape index (κ2) is 7.15. The molecule has 0 radical (unpaired) electrons. The Morgan fingerprint density at radius 1 is 1.15 bits per heavy atom. The highest BCUT2D eigenvalue weighted by Gasteiger charge is 2.15. The van der Waals surface area contributed by atoms with Crippen molar-refractivity contribution in [3.05, 3.63) is 70.3 Å². The third kappa shape index (κ3) is 3.40. The molecule has 2 aromatic carbocycles. The summed E-state index contributed by atoms with van der Waals surface area (Å²) in [5.74, 6) is -0.258. The molecule has 0 fully saturated rings. The van der Waals surface area contributed by atoms with Gasteiger partial charge in [-0.1, -0.05) is 53.3 Å². The van der Waals surface area contributed by atoms with Crippen LogP contribution in [-0.2, 0) is 6.54 Å². The zero-order chi connectivity index (χ0) is 17.9. The van der Waals surface area contributed by atoms with Crippen LogP contribution in [-0.4, -0.2) is 21.1 Å². The fourth-order valence-electron chi connectivity index (χ4n) is 2.53. The molecule has 0 atom stereocenters. The predicted molar refractivity (Wildman–Crippen MR) is 105 cm³/mol. The number of fused-ring (bicyclic) bond motifs is 1. The molecule has 8 heteroatoms. The first-order valence-electron chi connectivity index (χ1n) is 7.87. The van der Waals surface area contributed by atoms with Crippen LogP contribution >= 0.6 is 22.9 Å². The van der Waals surface area contributed by atoms with Gasteiger partial charge in [-0.15, -0.1) is 0 Å². The van der Waals surface area contributed by atoms with Crippen LogP contribution in [0.1, 0.15) is 15.2 Å². The van der Waals surface area contributed by atoms with E-state index in [0.29, 0.717) is 27.3 Å². The molecule has 6 nitrogen and oxygen atoms in total. The summed E-state index contributed by atoms with van der Waals surface area (Å²) >= 11 is 7.53. The Bertz CT molecular complexity index is 1060. The van der Waals surface area contributed by atoms with Crippen LogP contribution in [0.3, 0.4) is 0 Å². The zero-order valence-electron chi connectivity index (χ0n) is 13.5. The van der Waals surface area contributed by atoms with Crippen molar-refractivity contribution >= 4 is 50.6 Å². The lowest BCUT2D eigenvalue weighted by molar-refractivity contribution is 0.103. The number of carbonyl (C=O) groups excluding carboxylic acids is 1. The number of rotatable bonds is 5. The average Bonchev–Trinajstić information content (AvgIpc) is 3.32. The summed E-state index contributed by atoms with van der Waals surface area (Å²) in [6.07, 6.45) is 3.19. The number of carbonyl (C=O) groups is 1. The maximum Gasteiger partial charge on any atom is 0.267 e. The van der Waals surface area contributed by atoms with Gasteiger partial charge >= 0.3 is 0 Å². The van der Waals surface area contributed by atoms with Crippen molar-refractivity contribution < 1.29 is 4.79 Å². The molecule has 2 aromatic heterocycles. The quantitative estimate of drug-likeness (QED) is 0.472. The Kier molecular flexibility index (Phi) is 4.55. The molecule has 26 heavy (non-hydrogen) atoms. The van der Waals surface area contributed by atoms with E-state index in [1.165, 1.54) is 11.3 Å².